The lowest BCUT2D eigenvalue weighted by molar-refractivity contribution is 0.536. The van der Waals surface area contributed by atoms with E-state index in [1.165, 1.54) is 18.5 Å². The lowest BCUT2D eigenvalue weighted by atomic mass is 10.00. The molecule has 76 valence electrons. The van der Waals surface area contributed by atoms with Gasteiger partial charge in [-0.2, -0.15) is 0 Å². The Morgan fingerprint density at radius 1 is 1.43 bits per heavy atom. The molecule has 5 heteroatoms. The minimum Gasteiger partial charge on any atom is -0.316 e. The van der Waals surface area contributed by atoms with Crippen LogP contribution in [0.2, 0.25) is 0 Å². The van der Waals surface area contributed by atoms with Gasteiger partial charge in [-0.1, -0.05) is 6.08 Å². The number of aromatic nitrogens is 2. The second-order valence-electron chi connectivity index (χ2n) is 3.72. The van der Waals surface area contributed by atoms with Gasteiger partial charge in [-0.25, -0.2) is 0 Å². The van der Waals surface area contributed by atoms with Gasteiger partial charge in [0, 0.05) is 6.54 Å². The van der Waals surface area contributed by atoms with E-state index in [1.807, 2.05) is 5.51 Å². The normalized spacial score (nSPS) is 29.6. The summed E-state index contributed by atoms with van der Waals surface area (Å²) in [6.45, 7) is 2.32. The molecule has 0 saturated carbocycles. The first-order chi connectivity index (χ1) is 6.43. The number of nitrogens with zero attached hydrogens (tertiary/aromatic N) is 2. The predicted molar refractivity (Wildman–Crippen MR) is 59.6 cm³/mol. The van der Waals surface area contributed by atoms with Crippen LogP contribution in [0.4, 0.5) is 0 Å². The summed E-state index contributed by atoms with van der Waals surface area (Å²) in [6, 6.07) is 0. The Balaban J connectivity index is 0.000000750. The largest absolute Gasteiger partial charge is 0.316 e. The third-order valence-corrected chi connectivity index (χ3v) is 3.69. The highest BCUT2D eigenvalue weighted by Crippen LogP contribution is 2.38. The van der Waals surface area contributed by atoms with E-state index in [2.05, 4.69) is 21.6 Å². The van der Waals surface area contributed by atoms with Gasteiger partial charge in [0.2, 0.25) is 0 Å². The Bertz CT molecular complexity index is 336. The summed E-state index contributed by atoms with van der Waals surface area (Å²) in [5.74, 6) is 1.57. The third-order valence-electron chi connectivity index (χ3n) is 2.92. The maximum atomic E-state index is 4.11. The number of allylic oxidation sites excluding steroid dienone is 1. The molecule has 2 heterocycles. The van der Waals surface area contributed by atoms with Crippen LogP contribution in [0.15, 0.2) is 11.6 Å². The molecule has 0 spiro atoms. The topological polar surface area (TPSA) is 37.8 Å². The van der Waals surface area contributed by atoms with Crippen LogP contribution in [-0.2, 0) is 0 Å². The number of hydrogen-bond acceptors (Lipinski definition) is 4. The lowest BCUT2D eigenvalue weighted by Gasteiger charge is -2.04. The molecule has 0 bridgehead atoms. The first-order valence-electron chi connectivity index (χ1n) is 4.61. The van der Waals surface area contributed by atoms with E-state index in [-0.39, 0.29) is 12.4 Å². The van der Waals surface area contributed by atoms with E-state index < -0.39 is 0 Å². The number of fused-ring (bicyclic) bond motifs is 1. The van der Waals surface area contributed by atoms with Crippen LogP contribution in [-0.4, -0.2) is 23.3 Å². The van der Waals surface area contributed by atoms with E-state index >= 15 is 0 Å². The van der Waals surface area contributed by atoms with Crippen molar-refractivity contribution in [1.29, 1.82) is 0 Å². The molecular formula is C9H12ClN3S. The Morgan fingerprint density at radius 2 is 2.36 bits per heavy atom. The first kappa shape index (κ1) is 10.1. The number of nitrogens with one attached hydrogen (secondary N) is 1. The maximum absolute atomic E-state index is 4.11. The molecule has 0 aromatic carbocycles. The molecule has 14 heavy (non-hydrogen) atoms. The van der Waals surface area contributed by atoms with E-state index in [0.717, 1.165) is 23.4 Å². The number of rotatable bonds is 1. The Hall–Kier alpha value is -0.450. The zero-order valence-corrected chi connectivity index (χ0v) is 9.27. The molecule has 0 amide bonds. The van der Waals surface area contributed by atoms with Crippen molar-refractivity contribution in [3.63, 3.8) is 0 Å². The smallest absolute Gasteiger partial charge is 0.143 e. The molecule has 1 fully saturated rings. The Kier molecular flexibility index (Phi) is 2.85. The van der Waals surface area contributed by atoms with Crippen LogP contribution < -0.4 is 5.32 Å². The Labute approximate surface area is 93.0 Å². The second-order valence-corrected chi connectivity index (χ2v) is 4.56. The molecule has 1 saturated heterocycles. The Morgan fingerprint density at radius 3 is 3.07 bits per heavy atom. The molecule has 1 aliphatic heterocycles. The van der Waals surface area contributed by atoms with E-state index in [4.69, 9.17) is 0 Å². The van der Waals surface area contributed by atoms with Gasteiger partial charge in [0.1, 0.15) is 10.5 Å². The van der Waals surface area contributed by atoms with E-state index in [9.17, 15) is 0 Å². The van der Waals surface area contributed by atoms with Gasteiger partial charge >= 0.3 is 0 Å². The van der Waals surface area contributed by atoms with Crippen LogP contribution in [0, 0.1) is 11.8 Å². The molecular weight excluding hydrogens is 218 g/mol. The molecule has 2 unspecified atom stereocenters. The van der Waals surface area contributed by atoms with Gasteiger partial charge in [-0.05, 0) is 30.4 Å². The summed E-state index contributed by atoms with van der Waals surface area (Å²) >= 11 is 1.65. The molecule has 2 atom stereocenters. The van der Waals surface area contributed by atoms with Gasteiger partial charge in [-0.15, -0.1) is 33.9 Å². The zero-order chi connectivity index (χ0) is 8.67. The van der Waals surface area contributed by atoms with Gasteiger partial charge < -0.3 is 5.32 Å². The van der Waals surface area contributed by atoms with Crippen molar-refractivity contribution in [2.75, 3.05) is 13.1 Å². The van der Waals surface area contributed by atoms with Gasteiger partial charge in [0.05, 0.1) is 0 Å². The van der Waals surface area contributed by atoms with Crippen molar-refractivity contribution in [2.45, 2.75) is 6.42 Å². The van der Waals surface area contributed by atoms with Crippen molar-refractivity contribution in [1.82, 2.24) is 15.5 Å². The predicted octanol–water partition coefficient (Wildman–Crippen LogP) is 1.58. The van der Waals surface area contributed by atoms with Gasteiger partial charge in [0.25, 0.3) is 0 Å². The van der Waals surface area contributed by atoms with Crippen molar-refractivity contribution >= 4 is 29.3 Å². The monoisotopic (exact) mass is 229 g/mol. The summed E-state index contributed by atoms with van der Waals surface area (Å²) in [5.41, 5.74) is 3.22. The summed E-state index contributed by atoms with van der Waals surface area (Å²) < 4.78 is 0. The van der Waals surface area contributed by atoms with Gasteiger partial charge in [-0.3, -0.25) is 0 Å². The quantitative estimate of drug-likeness (QED) is 0.795. The fourth-order valence-electron chi connectivity index (χ4n) is 2.25. The van der Waals surface area contributed by atoms with Gasteiger partial charge in [0.15, 0.2) is 0 Å². The average molecular weight is 230 g/mol. The molecule has 1 aromatic rings. The highest BCUT2D eigenvalue weighted by Gasteiger charge is 2.32. The molecule has 2 aliphatic rings. The summed E-state index contributed by atoms with van der Waals surface area (Å²) in [4.78, 5) is 0. The average Bonchev–Trinajstić information content (AvgIpc) is 2.78. The highest BCUT2D eigenvalue weighted by atomic mass is 35.5. The van der Waals surface area contributed by atoms with Crippen LogP contribution in [0.25, 0.3) is 5.57 Å². The summed E-state index contributed by atoms with van der Waals surface area (Å²) in [6.07, 6.45) is 3.57. The molecule has 1 aromatic heterocycles. The zero-order valence-electron chi connectivity index (χ0n) is 7.64. The fraction of sp³-hybridized carbons (Fsp3) is 0.556. The molecule has 3 rings (SSSR count). The minimum absolute atomic E-state index is 0. The van der Waals surface area contributed by atoms with Crippen molar-refractivity contribution in [3.05, 3.63) is 16.6 Å². The molecule has 3 nitrogen and oxygen atoms in total. The van der Waals surface area contributed by atoms with Crippen LogP contribution in [0.1, 0.15) is 11.4 Å². The number of halogens is 1. The standard InChI is InChI=1S/C9H11N3S.ClH/c1-6(9-12-11-5-13-9)2-8-4-10-3-7(1)8;/h1,5,7-8,10H,2-4H2;1H. The highest BCUT2D eigenvalue weighted by molar-refractivity contribution is 7.10. The van der Waals surface area contributed by atoms with E-state index in [1.54, 1.807) is 11.3 Å². The molecule has 1 N–H and O–H groups in total. The molecule has 1 aliphatic carbocycles. The lowest BCUT2D eigenvalue weighted by Crippen LogP contribution is -2.09. The van der Waals surface area contributed by atoms with Crippen LogP contribution in [0.5, 0.6) is 0 Å². The fourth-order valence-corrected chi connectivity index (χ4v) is 2.84. The third kappa shape index (κ3) is 1.58. The van der Waals surface area contributed by atoms with Crippen LogP contribution >= 0.6 is 23.7 Å². The van der Waals surface area contributed by atoms with E-state index in [0.29, 0.717) is 0 Å². The summed E-state index contributed by atoms with van der Waals surface area (Å²) in [7, 11) is 0. The molecule has 0 radical (unpaired) electrons. The van der Waals surface area contributed by atoms with Crippen molar-refractivity contribution in [3.8, 4) is 0 Å². The SMILES string of the molecule is C1=C(c2nncs2)CC2CNCC12.Cl. The second kappa shape index (κ2) is 3.96. The van der Waals surface area contributed by atoms with Crippen molar-refractivity contribution in [2.24, 2.45) is 11.8 Å². The minimum atomic E-state index is 0. The maximum Gasteiger partial charge on any atom is 0.143 e. The number of hydrogen-bond donors (Lipinski definition) is 1. The van der Waals surface area contributed by atoms with Crippen LogP contribution in [0.3, 0.4) is 0 Å². The summed E-state index contributed by atoms with van der Waals surface area (Å²) in [5, 5.41) is 12.5. The first-order valence-corrected chi connectivity index (χ1v) is 5.49. The van der Waals surface area contributed by atoms with Crippen molar-refractivity contribution < 1.29 is 0 Å².